The van der Waals surface area contributed by atoms with Crippen LogP contribution in [0, 0.1) is 0 Å². The third kappa shape index (κ3) is 6.68. The van der Waals surface area contributed by atoms with E-state index in [1.807, 2.05) is 43.3 Å². The first-order valence-corrected chi connectivity index (χ1v) is 15.4. The Labute approximate surface area is 267 Å². The number of allylic oxidation sites excluding steroid dienone is 1. The zero-order valence-corrected chi connectivity index (χ0v) is 26.6. The molecule has 1 aliphatic rings. The number of aromatic nitrogens is 1. The smallest absolute Gasteiger partial charge is 0.338 e. The molecule has 0 bridgehead atoms. The maximum absolute atomic E-state index is 14.1. The summed E-state index contributed by atoms with van der Waals surface area (Å²) in [5, 5.41) is 1.30. The van der Waals surface area contributed by atoms with E-state index in [4.69, 9.17) is 49.0 Å². The van der Waals surface area contributed by atoms with Crippen molar-refractivity contribution in [3.63, 3.8) is 0 Å². The molecule has 5 rings (SSSR count). The number of esters is 1. The van der Waals surface area contributed by atoms with Crippen molar-refractivity contribution in [3.8, 4) is 11.5 Å². The van der Waals surface area contributed by atoms with Gasteiger partial charge >= 0.3 is 5.97 Å². The molecule has 0 unspecified atom stereocenters. The predicted octanol–water partition coefficient (Wildman–Crippen LogP) is 6.74. The van der Waals surface area contributed by atoms with Crippen molar-refractivity contribution >= 4 is 58.2 Å². The number of ether oxygens (including phenoxy) is 3. The highest BCUT2D eigenvalue weighted by molar-refractivity contribution is 7.07. The Bertz CT molecular complexity index is 1880. The molecule has 43 heavy (non-hydrogen) atoms. The number of halogens is 3. The Kier molecular flexibility index (Phi) is 9.62. The van der Waals surface area contributed by atoms with Gasteiger partial charge in [-0.2, -0.15) is 0 Å². The number of rotatable bonds is 9. The Morgan fingerprint density at radius 3 is 2.37 bits per heavy atom. The molecule has 1 aromatic heterocycles. The molecule has 0 radical (unpaired) electrons. The van der Waals surface area contributed by atoms with E-state index in [2.05, 4.69) is 4.99 Å². The van der Waals surface area contributed by atoms with Crippen molar-refractivity contribution in [1.29, 1.82) is 0 Å². The molecular weight excluding hydrogens is 631 g/mol. The molecule has 0 spiro atoms. The lowest BCUT2D eigenvalue weighted by molar-refractivity contribution is -0.139. The van der Waals surface area contributed by atoms with Gasteiger partial charge in [0.25, 0.3) is 5.56 Å². The third-order valence-corrected chi connectivity index (χ3v) is 8.38. The van der Waals surface area contributed by atoms with Gasteiger partial charge in [-0.3, -0.25) is 9.36 Å². The maximum Gasteiger partial charge on any atom is 0.338 e. The molecule has 0 saturated heterocycles. The SMILES string of the molecule is CCOC(=O)C1=C(C)N=c2s/c(=C\c3cc(Cl)cc(Cl)c3OCc3ccc(Cl)cc3)c(=O)n2[C@H]1c1ccc(OCC)cc1. The summed E-state index contributed by atoms with van der Waals surface area (Å²) in [4.78, 5) is 32.3. The number of carbonyl (C=O) groups excluding carboxylic acids is 1. The van der Waals surface area contributed by atoms with Crippen LogP contribution in [0.25, 0.3) is 6.08 Å². The lowest BCUT2D eigenvalue weighted by Gasteiger charge is -2.24. The van der Waals surface area contributed by atoms with Crippen LogP contribution in [0.3, 0.4) is 0 Å². The van der Waals surface area contributed by atoms with E-state index in [1.54, 1.807) is 44.2 Å². The van der Waals surface area contributed by atoms with Gasteiger partial charge in [0, 0.05) is 15.6 Å². The summed E-state index contributed by atoms with van der Waals surface area (Å²) in [6.45, 7) is 6.30. The number of fused-ring (bicyclic) bond motifs is 1. The topological polar surface area (TPSA) is 79.1 Å². The quantitative estimate of drug-likeness (QED) is 0.187. The zero-order chi connectivity index (χ0) is 30.7. The fourth-order valence-electron chi connectivity index (χ4n) is 4.74. The normalized spacial score (nSPS) is 14.7. The second-order valence-electron chi connectivity index (χ2n) is 9.53. The fraction of sp³-hybridized carbons (Fsp3) is 0.219. The highest BCUT2D eigenvalue weighted by Gasteiger charge is 2.33. The molecule has 0 N–H and O–H groups in total. The van der Waals surface area contributed by atoms with Gasteiger partial charge in [0.15, 0.2) is 4.80 Å². The summed E-state index contributed by atoms with van der Waals surface area (Å²) >= 11 is 20.1. The average molecular weight is 658 g/mol. The summed E-state index contributed by atoms with van der Waals surface area (Å²) in [6, 6.07) is 17.1. The lowest BCUT2D eigenvalue weighted by atomic mass is 9.96. The summed E-state index contributed by atoms with van der Waals surface area (Å²) in [6.07, 6.45) is 1.68. The molecule has 4 aromatic rings. The van der Waals surface area contributed by atoms with Crippen molar-refractivity contribution in [1.82, 2.24) is 4.57 Å². The van der Waals surface area contributed by atoms with E-state index < -0.39 is 12.0 Å². The van der Waals surface area contributed by atoms with Crippen LogP contribution in [0.15, 0.2) is 81.7 Å². The second-order valence-corrected chi connectivity index (χ2v) is 11.8. The molecule has 222 valence electrons. The van der Waals surface area contributed by atoms with Gasteiger partial charge in [-0.1, -0.05) is 70.4 Å². The van der Waals surface area contributed by atoms with Gasteiger partial charge in [0.05, 0.1) is 40.1 Å². The predicted molar refractivity (Wildman–Crippen MR) is 170 cm³/mol. The molecule has 0 saturated carbocycles. The average Bonchev–Trinajstić information content (AvgIpc) is 3.27. The number of carbonyl (C=O) groups is 1. The maximum atomic E-state index is 14.1. The summed E-state index contributed by atoms with van der Waals surface area (Å²) in [7, 11) is 0. The van der Waals surface area contributed by atoms with Gasteiger partial charge in [-0.15, -0.1) is 0 Å². The molecule has 0 aliphatic carbocycles. The Morgan fingerprint density at radius 2 is 1.70 bits per heavy atom. The molecule has 7 nitrogen and oxygen atoms in total. The fourth-order valence-corrected chi connectivity index (χ4v) is 6.46. The van der Waals surface area contributed by atoms with Crippen molar-refractivity contribution in [2.45, 2.75) is 33.4 Å². The molecule has 2 heterocycles. The molecule has 0 fully saturated rings. The highest BCUT2D eigenvalue weighted by atomic mass is 35.5. The van der Waals surface area contributed by atoms with Gasteiger partial charge in [-0.25, -0.2) is 9.79 Å². The van der Waals surface area contributed by atoms with Gasteiger partial charge in [-0.05, 0) is 74.4 Å². The van der Waals surface area contributed by atoms with Crippen molar-refractivity contribution in [2.24, 2.45) is 4.99 Å². The van der Waals surface area contributed by atoms with Crippen molar-refractivity contribution < 1.29 is 19.0 Å². The van der Waals surface area contributed by atoms with E-state index >= 15 is 0 Å². The van der Waals surface area contributed by atoms with Crippen LogP contribution in [0.1, 0.15) is 43.5 Å². The van der Waals surface area contributed by atoms with Gasteiger partial charge < -0.3 is 14.2 Å². The van der Waals surface area contributed by atoms with Crippen LogP contribution < -0.4 is 24.4 Å². The minimum Gasteiger partial charge on any atom is -0.494 e. The second kappa shape index (κ2) is 13.4. The number of hydrogen-bond donors (Lipinski definition) is 0. The van der Waals surface area contributed by atoms with Crippen molar-refractivity contribution in [3.05, 3.63) is 123 Å². The first-order valence-electron chi connectivity index (χ1n) is 13.5. The van der Waals surface area contributed by atoms with Gasteiger partial charge in [0.2, 0.25) is 0 Å². The van der Waals surface area contributed by atoms with Crippen LogP contribution in [0.2, 0.25) is 15.1 Å². The Balaban J connectivity index is 1.63. The van der Waals surface area contributed by atoms with E-state index in [0.717, 1.165) is 5.56 Å². The van der Waals surface area contributed by atoms with Crippen LogP contribution in [-0.2, 0) is 16.1 Å². The molecular formula is C32H27Cl3N2O5S. The standard InChI is InChI=1S/C32H27Cl3N2O5S/c1-4-40-24-12-8-20(9-13-24)28-27(31(39)41-5-2)18(3)36-32-37(28)30(38)26(43-32)15-21-14-23(34)16-25(35)29(21)42-17-19-6-10-22(33)11-7-19/h6-16,28H,4-5,17H2,1-3H3/b26-15-/t28-/m0/s1. The minimum atomic E-state index is -0.753. The van der Waals surface area contributed by atoms with Crippen LogP contribution in [0.5, 0.6) is 11.5 Å². The van der Waals surface area contributed by atoms with Crippen LogP contribution in [-0.4, -0.2) is 23.8 Å². The van der Waals surface area contributed by atoms with E-state index in [0.29, 0.717) is 64.9 Å². The van der Waals surface area contributed by atoms with Gasteiger partial charge in [0.1, 0.15) is 18.1 Å². The Morgan fingerprint density at radius 1 is 0.977 bits per heavy atom. The first kappa shape index (κ1) is 30.9. The summed E-state index contributed by atoms with van der Waals surface area (Å²) in [5.41, 5.74) is 2.56. The largest absolute Gasteiger partial charge is 0.494 e. The number of hydrogen-bond acceptors (Lipinski definition) is 7. The molecule has 1 aliphatic heterocycles. The zero-order valence-electron chi connectivity index (χ0n) is 23.5. The van der Waals surface area contributed by atoms with Crippen LogP contribution in [0.4, 0.5) is 0 Å². The third-order valence-electron chi connectivity index (χ3n) is 6.64. The number of nitrogens with zero attached hydrogens (tertiary/aromatic N) is 2. The molecule has 11 heteroatoms. The number of thiazole rings is 1. The summed E-state index contributed by atoms with van der Waals surface area (Å²) in [5.74, 6) is 0.524. The molecule has 3 aromatic carbocycles. The lowest BCUT2D eigenvalue weighted by Crippen LogP contribution is -2.39. The van der Waals surface area contributed by atoms with Crippen LogP contribution >= 0.6 is 46.1 Å². The minimum absolute atomic E-state index is 0.185. The molecule has 1 atom stereocenters. The monoisotopic (exact) mass is 656 g/mol. The highest BCUT2D eigenvalue weighted by Crippen LogP contribution is 2.34. The van der Waals surface area contributed by atoms with E-state index in [-0.39, 0.29) is 18.8 Å². The van der Waals surface area contributed by atoms with E-state index in [9.17, 15) is 9.59 Å². The summed E-state index contributed by atoms with van der Waals surface area (Å²) < 4.78 is 19.0. The first-order chi connectivity index (χ1) is 20.7. The Hall–Kier alpha value is -3.56. The van der Waals surface area contributed by atoms with E-state index in [1.165, 1.54) is 15.9 Å². The molecule has 0 amide bonds. The number of benzene rings is 3. The van der Waals surface area contributed by atoms with Crippen molar-refractivity contribution in [2.75, 3.05) is 13.2 Å².